The molecule has 5 rings (SSSR count). The molecule has 3 heterocycles. The van der Waals surface area contributed by atoms with Crippen molar-refractivity contribution in [1.82, 2.24) is 25.0 Å². The Morgan fingerprint density at radius 3 is 3.00 bits per heavy atom. The van der Waals surface area contributed by atoms with E-state index in [0.717, 1.165) is 28.1 Å². The van der Waals surface area contributed by atoms with Gasteiger partial charge in [0.25, 0.3) is 0 Å². The zero-order chi connectivity index (χ0) is 15.9. The van der Waals surface area contributed by atoms with Crippen molar-refractivity contribution in [3.8, 4) is 11.5 Å². The number of fused-ring (bicyclic) bond motifs is 4. The zero-order valence-electron chi connectivity index (χ0n) is 12.5. The maximum absolute atomic E-state index is 5.40. The number of para-hydroxylation sites is 2. The molecule has 118 valence electrons. The van der Waals surface area contributed by atoms with E-state index in [1.807, 2.05) is 42.5 Å². The molecule has 0 bridgehead atoms. The Morgan fingerprint density at radius 1 is 1.08 bits per heavy atom. The Balaban J connectivity index is 1.51. The van der Waals surface area contributed by atoms with Gasteiger partial charge in [0, 0.05) is 6.54 Å². The van der Waals surface area contributed by atoms with Gasteiger partial charge in [-0.1, -0.05) is 18.2 Å². The minimum atomic E-state index is 0.268. The molecule has 4 aromatic rings. The Labute approximate surface area is 136 Å². The molecule has 2 aromatic heterocycles. The average Bonchev–Trinajstić information content (AvgIpc) is 3.28. The summed E-state index contributed by atoms with van der Waals surface area (Å²) in [7, 11) is 0. The van der Waals surface area contributed by atoms with Crippen molar-refractivity contribution in [2.75, 3.05) is 12.1 Å². The summed E-state index contributed by atoms with van der Waals surface area (Å²) in [6, 6.07) is 13.6. The Kier molecular flexibility index (Phi) is 2.75. The molecule has 8 heteroatoms. The first-order valence-corrected chi connectivity index (χ1v) is 7.48. The molecule has 0 unspecified atom stereocenters. The lowest BCUT2D eigenvalue weighted by Crippen LogP contribution is -2.05. The topological polar surface area (TPSA) is 86.5 Å². The molecular formula is C16H12N6O2. The summed E-state index contributed by atoms with van der Waals surface area (Å²) in [5.74, 6) is 2.16. The first-order chi connectivity index (χ1) is 11.9. The van der Waals surface area contributed by atoms with Gasteiger partial charge < -0.3 is 14.8 Å². The van der Waals surface area contributed by atoms with Crippen LogP contribution >= 0.6 is 0 Å². The third-order valence-corrected chi connectivity index (χ3v) is 3.92. The Hall–Kier alpha value is -3.42. The van der Waals surface area contributed by atoms with Crippen LogP contribution in [-0.2, 0) is 6.54 Å². The lowest BCUT2D eigenvalue weighted by Gasteiger charge is -2.08. The second-order valence-corrected chi connectivity index (χ2v) is 5.40. The van der Waals surface area contributed by atoms with Crippen molar-refractivity contribution in [3.05, 3.63) is 48.0 Å². The van der Waals surface area contributed by atoms with E-state index in [0.29, 0.717) is 18.0 Å². The quantitative estimate of drug-likeness (QED) is 0.618. The number of nitrogens with zero attached hydrogens (tertiary/aromatic N) is 5. The van der Waals surface area contributed by atoms with Gasteiger partial charge in [-0.15, -0.1) is 5.10 Å². The van der Waals surface area contributed by atoms with Gasteiger partial charge in [-0.3, -0.25) is 0 Å². The lowest BCUT2D eigenvalue weighted by molar-refractivity contribution is 0.174. The van der Waals surface area contributed by atoms with Crippen molar-refractivity contribution in [3.63, 3.8) is 0 Å². The van der Waals surface area contributed by atoms with Crippen LogP contribution in [0.3, 0.4) is 0 Å². The second-order valence-electron chi connectivity index (χ2n) is 5.40. The van der Waals surface area contributed by atoms with E-state index in [4.69, 9.17) is 9.47 Å². The first-order valence-electron chi connectivity index (χ1n) is 7.48. The third-order valence-electron chi connectivity index (χ3n) is 3.92. The van der Waals surface area contributed by atoms with Crippen LogP contribution in [0.2, 0.25) is 0 Å². The van der Waals surface area contributed by atoms with Gasteiger partial charge in [-0.05, 0) is 40.3 Å². The van der Waals surface area contributed by atoms with Crippen LogP contribution in [-0.4, -0.2) is 31.8 Å². The summed E-state index contributed by atoms with van der Waals surface area (Å²) in [5.41, 5.74) is 3.34. The van der Waals surface area contributed by atoms with Gasteiger partial charge in [-0.2, -0.15) is 4.52 Å². The number of rotatable bonds is 3. The number of tetrazole rings is 1. The number of hydrogen-bond acceptors (Lipinski definition) is 7. The fourth-order valence-corrected chi connectivity index (χ4v) is 2.76. The predicted molar refractivity (Wildman–Crippen MR) is 86.0 cm³/mol. The number of aromatic nitrogens is 5. The minimum Gasteiger partial charge on any atom is -0.454 e. The highest BCUT2D eigenvalue weighted by Crippen LogP contribution is 2.32. The van der Waals surface area contributed by atoms with Gasteiger partial charge >= 0.3 is 0 Å². The molecule has 0 radical (unpaired) electrons. The summed E-state index contributed by atoms with van der Waals surface area (Å²) < 4.78 is 12.4. The highest BCUT2D eigenvalue weighted by molar-refractivity contribution is 5.81. The SMILES string of the molecule is c1ccc2c(c1)nc(NCc1ccc3c(c1)OCO3)c1nnnn12. The van der Waals surface area contributed by atoms with E-state index in [9.17, 15) is 0 Å². The van der Waals surface area contributed by atoms with Crippen LogP contribution in [0.15, 0.2) is 42.5 Å². The van der Waals surface area contributed by atoms with Crippen LogP contribution < -0.4 is 14.8 Å². The smallest absolute Gasteiger partial charge is 0.231 e. The normalized spacial score (nSPS) is 12.8. The predicted octanol–water partition coefficient (Wildman–Crippen LogP) is 2.01. The number of benzene rings is 2. The molecule has 8 nitrogen and oxygen atoms in total. The fraction of sp³-hybridized carbons (Fsp3) is 0.125. The molecule has 2 aromatic carbocycles. The molecule has 1 aliphatic rings. The van der Waals surface area contributed by atoms with Gasteiger partial charge in [-0.25, -0.2) is 4.98 Å². The maximum Gasteiger partial charge on any atom is 0.231 e. The van der Waals surface area contributed by atoms with E-state index < -0.39 is 0 Å². The van der Waals surface area contributed by atoms with Gasteiger partial charge in [0.15, 0.2) is 17.3 Å². The second kappa shape index (κ2) is 5.05. The van der Waals surface area contributed by atoms with Gasteiger partial charge in [0.2, 0.25) is 12.4 Å². The Morgan fingerprint density at radius 2 is 2.00 bits per heavy atom. The molecular weight excluding hydrogens is 308 g/mol. The highest BCUT2D eigenvalue weighted by Gasteiger charge is 2.14. The molecule has 1 N–H and O–H groups in total. The number of nitrogens with one attached hydrogen (secondary N) is 1. The minimum absolute atomic E-state index is 0.268. The molecule has 24 heavy (non-hydrogen) atoms. The van der Waals surface area contributed by atoms with Crippen LogP contribution in [0.4, 0.5) is 5.82 Å². The standard InChI is InChI=1S/C16H12N6O2/c1-2-4-12-11(3-1)18-15(16-19-20-21-22(12)16)17-8-10-5-6-13-14(7-10)24-9-23-13/h1-7H,8-9H2,(H,17,18). The number of ether oxygens (including phenoxy) is 2. The van der Waals surface area contributed by atoms with Crippen molar-refractivity contribution < 1.29 is 9.47 Å². The molecule has 0 fully saturated rings. The van der Waals surface area contributed by atoms with Crippen molar-refractivity contribution >= 4 is 22.5 Å². The van der Waals surface area contributed by atoms with Crippen molar-refractivity contribution in [2.24, 2.45) is 0 Å². The van der Waals surface area contributed by atoms with Crippen molar-refractivity contribution in [2.45, 2.75) is 6.54 Å². The summed E-state index contributed by atoms with van der Waals surface area (Å²) in [6.45, 7) is 0.842. The van der Waals surface area contributed by atoms with Crippen LogP contribution in [0, 0.1) is 0 Å². The van der Waals surface area contributed by atoms with Gasteiger partial charge in [0.1, 0.15) is 0 Å². The number of anilines is 1. The highest BCUT2D eigenvalue weighted by atomic mass is 16.7. The van der Waals surface area contributed by atoms with E-state index >= 15 is 0 Å². The summed E-state index contributed by atoms with van der Waals surface area (Å²) in [6.07, 6.45) is 0. The van der Waals surface area contributed by atoms with Crippen LogP contribution in [0.25, 0.3) is 16.7 Å². The maximum atomic E-state index is 5.40. The molecule has 0 saturated carbocycles. The monoisotopic (exact) mass is 320 g/mol. The van der Waals surface area contributed by atoms with Crippen molar-refractivity contribution in [1.29, 1.82) is 0 Å². The summed E-state index contributed by atoms with van der Waals surface area (Å²) in [4.78, 5) is 4.63. The van der Waals surface area contributed by atoms with Crippen LogP contribution in [0.5, 0.6) is 11.5 Å². The summed E-state index contributed by atoms with van der Waals surface area (Å²) >= 11 is 0. The summed E-state index contributed by atoms with van der Waals surface area (Å²) in [5, 5.41) is 15.2. The largest absolute Gasteiger partial charge is 0.454 e. The van der Waals surface area contributed by atoms with E-state index in [2.05, 4.69) is 25.8 Å². The Bertz CT molecular complexity index is 1060. The fourth-order valence-electron chi connectivity index (χ4n) is 2.76. The molecule has 0 aliphatic carbocycles. The third kappa shape index (κ3) is 2.00. The molecule has 1 aliphatic heterocycles. The van der Waals surface area contributed by atoms with E-state index in [1.165, 1.54) is 0 Å². The first kappa shape index (κ1) is 13.1. The molecule has 0 spiro atoms. The van der Waals surface area contributed by atoms with E-state index in [-0.39, 0.29) is 6.79 Å². The molecule has 0 saturated heterocycles. The molecule has 0 amide bonds. The van der Waals surface area contributed by atoms with Gasteiger partial charge in [0.05, 0.1) is 11.0 Å². The van der Waals surface area contributed by atoms with E-state index in [1.54, 1.807) is 4.52 Å². The van der Waals surface area contributed by atoms with Crippen LogP contribution in [0.1, 0.15) is 5.56 Å². The number of hydrogen-bond donors (Lipinski definition) is 1. The zero-order valence-corrected chi connectivity index (χ0v) is 12.5. The average molecular weight is 320 g/mol. The molecule has 0 atom stereocenters. The lowest BCUT2D eigenvalue weighted by atomic mass is 10.2.